The average Bonchev–Trinajstić information content (AvgIpc) is 3.49. The van der Waals surface area contributed by atoms with Gasteiger partial charge in [0.05, 0.1) is 17.9 Å². The third kappa shape index (κ3) is 8.76. The third-order valence-electron chi connectivity index (χ3n) is 11.8. The summed E-state index contributed by atoms with van der Waals surface area (Å²) in [5.74, 6) is 0.860. The van der Waals surface area contributed by atoms with E-state index in [0.717, 1.165) is 64.1 Å². The molecule has 0 radical (unpaired) electrons. The molecule has 2 aromatic carbocycles. The topological polar surface area (TPSA) is 163 Å². The van der Waals surface area contributed by atoms with Crippen molar-refractivity contribution < 1.29 is 19.1 Å². The van der Waals surface area contributed by atoms with E-state index in [-0.39, 0.29) is 36.2 Å². The normalized spacial score (nSPS) is 18.6. The number of likely N-dealkylation sites (tertiary alicyclic amines) is 1. The lowest BCUT2D eigenvalue weighted by Crippen LogP contribution is -2.47. The van der Waals surface area contributed by atoms with E-state index in [1.165, 1.54) is 22.5 Å². The molecule has 308 valence electrons. The number of rotatable bonds is 12. The van der Waals surface area contributed by atoms with Gasteiger partial charge in [-0.15, -0.1) is 6.58 Å². The summed E-state index contributed by atoms with van der Waals surface area (Å²) in [6.07, 6.45) is 8.00. The molecule has 0 saturated carbocycles. The molecular weight excluding hydrogens is 752 g/mol. The van der Waals surface area contributed by atoms with Crippen LogP contribution in [0.5, 0.6) is 0 Å². The lowest BCUT2D eigenvalue weighted by molar-refractivity contribution is -0.133. The molecule has 5 aromatic rings. The van der Waals surface area contributed by atoms with Gasteiger partial charge in [-0.2, -0.15) is 4.98 Å². The number of allylic oxidation sites excluding steroid dienone is 1. The molecule has 3 aliphatic heterocycles. The lowest BCUT2D eigenvalue weighted by Gasteiger charge is -2.38. The molecule has 1 atom stereocenters. The molecule has 4 N–H and O–H groups in total. The van der Waals surface area contributed by atoms with Crippen LogP contribution in [0.15, 0.2) is 84.3 Å². The number of aliphatic hydroxyl groups is 1. The van der Waals surface area contributed by atoms with E-state index >= 15 is 4.39 Å². The van der Waals surface area contributed by atoms with Gasteiger partial charge in [0, 0.05) is 43.6 Å². The number of benzene rings is 2. The SMILES string of the molecule is C=CCn1c(=O)c2cnc(Nc3ccc(C4CCN(CC5CCN(c6ccc(NC7CCC(=O)NC7=O)cc6F)CC5)CC4)cc3)nc2n1-c1cccc(C(C)(C)O)n1. The smallest absolute Gasteiger partial charge is 0.278 e. The molecule has 3 aliphatic rings. The summed E-state index contributed by atoms with van der Waals surface area (Å²) < 4.78 is 18.4. The lowest BCUT2D eigenvalue weighted by atomic mass is 9.88. The number of carbonyl (C=O) groups excluding carboxylic acids is 2. The summed E-state index contributed by atoms with van der Waals surface area (Å²) >= 11 is 0. The Morgan fingerprint density at radius 1 is 0.949 bits per heavy atom. The maximum atomic E-state index is 15.2. The zero-order valence-electron chi connectivity index (χ0n) is 33.5. The Hall–Kier alpha value is -5.93. The van der Waals surface area contributed by atoms with E-state index < -0.39 is 11.6 Å². The number of hydrogen-bond donors (Lipinski definition) is 4. The van der Waals surface area contributed by atoms with Gasteiger partial charge in [-0.05, 0) is 119 Å². The van der Waals surface area contributed by atoms with E-state index in [0.29, 0.717) is 58.1 Å². The monoisotopic (exact) mass is 802 g/mol. The number of carbonyl (C=O) groups is 2. The standard InChI is InChI=1S/C44H51FN10O4/c1-4-20-54-42(58)33-26-46-43(51-40(33)55(54)38-7-5-6-37(49-38)44(2,3)59)48-31-10-8-29(9-11-31)30-18-21-52(22-19-30)27-28-16-23-53(24-17-28)36-14-12-32(25-34(36)45)47-35-13-15-39(56)50-41(35)57/h4-12,14,25-26,28,30,35,47,59H,1,13,15-24,27H2,2-3H3,(H,46,48,51)(H,50,56,57). The highest BCUT2D eigenvalue weighted by molar-refractivity contribution is 6.01. The molecule has 0 aliphatic carbocycles. The zero-order chi connectivity index (χ0) is 41.3. The van der Waals surface area contributed by atoms with Gasteiger partial charge in [-0.25, -0.2) is 23.7 Å². The Kier molecular flexibility index (Phi) is 11.3. The highest BCUT2D eigenvalue weighted by atomic mass is 19.1. The first kappa shape index (κ1) is 39.9. The van der Waals surface area contributed by atoms with Crippen molar-refractivity contribution in [2.45, 2.75) is 76.5 Å². The first-order valence-electron chi connectivity index (χ1n) is 20.5. The van der Waals surface area contributed by atoms with E-state index in [4.69, 9.17) is 4.98 Å². The summed E-state index contributed by atoms with van der Waals surface area (Å²) in [6.45, 7) is 12.1. The van der Waals surface area contributed by atoms with Crippen molar-refractivity contribution in [3.63, 3.8) is 0 Å². The van der Waals surface area contributed by atoms with Crippen LogP contribution < -0.4 is 26.4 Å². The van der Waals surface area contributed by atoms with Gasteiger partial charge in [-0.3, -0.25) is 19.7 Å². The van der Waals surface area contributed by atoms with Crippen molar-refractivity contribution in [2.75, 3.05) is 48.3 Å². The van der Waals surface area contributed by atoms with Crippen LogP contribution in [0.2, 0.25) is 0 Å². The highest BCUT2D eigenvalue weighted by Crippen LogP contribution is 2.32. The molecule has 14 nitrogen and oxygen atoms in total. The molecule has 8 rings (SSSR count). The number of aromatic nitrogens is 5. The van der Waals surface area contributed by atoms with Crippen molar-refractivity contribution in [2.24, 2.45) is 5.92 Å². The summed E-state index contributed by atoms with van der Waals surface area (Å²) in [5, 5.41) is 19.7. The summed E-state index contributed by atoms with van der Waals surface area (Å²) in [5.41, 5.74) is 2.67. The maximum Gasteiger partial charge on any atom is 0.278 e. The van der Waals surface area contributed by atoms with E-state index in [1.54, 1.807) is 54.9 Å². The van der Waals surface area contributed by atoms with Gasteiger partial charge in [0.25, 0.3) is 5.56 Å². The van der Waals surface area contributed by atoms with Crippen molar-refractivity contribution in [1.29, 1.82) is 0 Å². The minimum absolute atomic E-state index is 0.238. The minimum atomic E-state index is -1.17. The predicted octanol–water partition coefficient (Wildman–Crippen LogP) is 5.59. The molecule has 15 heteroatoms. The first-order chi connectivity index (χ1) is 28.4. The van der Waals surface area contributed by atoms with E-state index in [2.05, 4.69) is 54.4 Å². The first-order valence-corrected chi connectivity index (χ1v) is 20.5. The van der Waals surface area contributed by atoms with Crippen LogP contribution in [-0.2, 0) is 21.7 Å². The molecule has 3 fully saturated rings. The van der Waals surface area contributed by atoms with Crippen LogP contribution in [-0.4, -0.2) is 84.9 Å². The number of anilines is 4. The Morgan fingerprint density at radius 3 is 2.39 bits per heavy atom. The van der Waals surface area contributed by atoms with E-state index in [9.17, 15) is 19.5 Å². The second kappa shape index (κ2) is 16.7. The molecular formula is C44H51FN10O4. The van der Waals surface area contributed by atoms with Crippen LogP contribution in [0.1, 0.15) is 69.5 Å². The van der Waals surface area contributed by atoms with Crippen molar-refractivity contribution in [3.8, 4) is 5.82 Å². The Labute approximate surface area is 342 Å². The van der Waals surface area contributed by atoms with Crippen LogP contribution in [0, 0.1) is 11.7 Å². The van der Waals surface area contributed by atoms with Gasteiger partial charge in [0.15, 0.2) is 11.5 Å². The Bertz CT molecular complexity index is 2410. The number of piperidine rings is 3. The van der Waals surface area contributed by atoms with Gasteiger partial charge >= 0.3 is 0 Å². The number of pyridine rings is 1. The second-order valence-electron chi connectivity index (χ2n) is 16.4. The van der Waals surface area contributed by atoms with Crippen LogP contribution >= 0.6 is 0 Å². The predicted molar refractivity (Wildman–Crippen MR) is 226 cm³/mol. The largest absolute Gasteiger partial charge is 0.384 e. The fourth-order valence-corrected chi connectivity index (χ4v) is 8.51. The number of fused-ring (bicyclic) bond motifs is 1. The summed E-state index contributed by atoms with van der Waals surface area (Å²) in [4.78, 5) is 55.5. The number of nitrogens with one attached hydrogen (secondary N) is 3. The van der Waals surface area contributed by atoms with E-state index in [1.807, 2.05) is 12.1 Å². The van der Waals surface area contributed by atoms with Gasteiger partial charge in [0.2, 0.25) is 17.8 Å². The average molecular weight is 803 g/mol. The van der Waals surface area contributed by atoms with Crippen molar-refractivity contribution >= 4 is 45.9 Å². The van der Waals surface area contributed by atoms with Gasteiger partial charge in [-0.1, -0.05) is 24.3 Å². The fraction of sp³-hybridized carbons (Fsp3) is 0.409. The fourth-order valence-electron chi connectivity index (χ4n) is 8.51. The molecule has 2 amide bonds. The molecule has 59 heavy (non-hydrogen) atoms. The Morgan fingerprint density at radius 2 is 1.69 bits per heavy atom. The highest BCUT2D eigenvalue weighted by Gasteiger charge is 2.29. The molecule has 6 heterocycles. The van der Waals surface area contributed by atoms with Crippen molar-refractivity contribution in [3.05, 3.63) is 107 Å². The number of halogens is 1. The summed E-state index contributed by atoms with van der Waals surface area (Å²) in [7, 11) is 0. The summed E-state index contributed by atoms with van der Waals surface area (Å²) in [6, 6.07) is 18.2. The van der Waals surface area contributed by atoms with Crippen LogP contribution in [0.4, 0.5) is 27.4 Å². The molecule has 3 saturated heterocycles. The third-order valence-corrected chi connectivity index (χ3v) is 11.8. The minimum Gasteiger partial charge on any atom is -0.384 e. The Balaban J connectivity index is 0.838. The number of amides is 2. The van der Waals surface area contributed by atoms with Crippen molar-refractivity contribution in [1.82, 2.24) is 34.5 Å². The van der Waals surface area contributed by atoms with Gasteiger partial charge < -0.3 is 25.5 Å². The number of imide groups is 1. The van der Waals surface area contributed by atoms with Gasteiger partial charge in [0.1, 0.15) is 22.8 Å². The maximum absolute atomic E-state index is 15.2. The molecule has 0 bridgehead atoms. The van der Waals surface area contributed by atoms with Crippen LogP contribution in [0.3, 0.4) is 0 Å². The quantitative estimate of drug-likeness (QED) is 0.0920. The molecule has 3 aromatic heterocycles. The van der Waals surface area contributed by atoms with Crippen LogP contribution in [0.25, 0.3) is 16.9 Å². The zero-order valence-corrected chi connectivity index (χ0v) is 33.5. The number of hydrogen-bond acceptors (Lipinski definition) is 11. The molecule has 1 unspecified atom stereocenters. The number of nitrogens with zero attached hydrogens (tertiary/aromatic N) is 7. The molecule has 0 spiro atoms. The second-order valence-corrected chi connectivity index (χ2v) is 16.4.